The van der Waals surface area contributed by atoms with Gasteiger partial charge in [-0.1, -0.05) is 12.1 Å². The highest BCUT2D eigenvalue weighted by molar-refractivity contribution is 6.02. The van der Waals surface area contributed by atoms with Crippen LogP contribution in [0.2, 0.25) is 0 Å². The Hall–Kier alpha value is -4.15. The molecule has 0 bridgehead atoms. The summed E-state index contributed by atoms with van der Waals surface area (Å²) in [5.41, 5.74) is 1.19. The highest BCUT2D eigenvalue weighted by atomic mass is 19.3. The number of carbonyl (C=O) groups is 1. The molecule has 0 radical (unpaired) electrons. The van der Waals surface area contributed by atoms with Gasteiger partial charge in [-0.15, -0.1) is 0 Å². The van der Waals surface area contributed by atoms with Gasteiger partial charge in [-0.2, -0.15) is 17.6 Å². The van der Waals surface area contributed by atoms with Gasteiger partial charge in [0.2, 0.25) is 5.91 Å². The number of ether oxygens (including phenoxy) is 2. The highest BCUT2D eigenvalue weighted by Crippen LogP contribution is 2.28. The number of rotatable bonds is 8. The predicted octanol–water partition coefficient (Wildman–Crippen LogP) is 4.60. The van der Waals surface area contributed by atoms with Crippen LogP contribution in [0.25, 0.3) is 17.5 Å². The number of benzene rings is 2. The maximum Gasteiger partial charge on any atom is 0.387 e. The summed E-state index contributed by atoms with van der Waals surface area (Å²) >= 11 is 0. The van der Waals surface area contributed by atoms with Crippen LogP contribution in [0.3, 0.4) is 0 Å². The van der Waals surface area contributed by atoms with E-state index in [0.717, 1.165) is 18.2 Å². The van der Waals surface area contributed by atoms with Gasteiger partial charge in [0.15, 0.2) is 0 Å². The minimum Gasteiger partial charge on any atom is -0.435 e. The van der Waals surface area contributed by atoms with E-state index in [0.29, 0.717) is 22.8 Å². The third-order valence-corrected chi connectivity index (χ3v) is 4.11. The zero-order valence-electron chi connectivity index (χ0n) is 17.0. The molecule has 1 aromatic heterocycles. The van der Waals surface area contributed by atoms with Crippen LogP contribution in [-0.2, 0) is 4.79 Å². The Morgan fingerprint density at radius 3 is 2.52 bits per heavy atom. The smallest absolute Gasteiger partial charge is 0.387 e. The third-order valence-electron chi connectivity index (χ3n) is 4.11. The fraction of sp³-hybridized carbons (Fsp3) is 0.136. The van der Waals surface area contributed by atoms with Gasteiger partial charge in [-0.25, -0.2) is 4.98 Å². The first-order valence-corrected chi connectivity index (χ1v) is 9.41. The second-order valence-corrected chi connectivity index (χ2v) is 6.60. The first-order chi connectivity index (χ1) is 15.7. The molecule has 0 saturated carbocycles. The van der Waals surface area contributed by atoms with Crippen LogP contribution >= 0.6 is 0 Å². The minimum atomic E-state index is -3.21. The molecule has 1 heterocycles. The molecule has 0 aliphatic rings. The molecule has 0 spiro atoms. The minimum absolute atomic E-state index is 0.0438. The number of anilines is 1. The van der Waals surface area contributed by atoms with Crippen molar-refractivity contribution in [1.82, 2.24) is 9.97 Å². The molecule has 0 fully saturated rings. The van der Waals surface area contributed by atoms with E-state index in [1.807, 2.05) is 0 Å². The largest absolute Gasteiger partial charge is 0.435 e. The van der Waals surface area contributed by atoms with Gasteiger partial charge in [-0.05, 0) is 37.3 Å². The van der Waals surface area contributed by atoms with Crippen molar-refractivity contribution in [3.63, 3.8) is 0 Å². The van der Waals surface area contributed by atoms with Crippen molar-refractivity contribution >= 4 is 17.7 Å². The molecule has 3 aromatic rings. The number of amides is 1. The lowest BCUT2D eigenvalue weighted by Gasteiger charge is -2.11. The topological polar surface area (TPSA) is 93.3 Å². The molecule has 7 nitrogen and oxygen atoms in total. The predicted molar refractivity (Wildman–Crippen MR) is 112 cm³/mol. The normalized spacial score (nSPS) is 11.2. The molecular weight excluding hydrogens is 446 g/mol. The molecule has 0 aliphatic carbocycles. The summed E-state index contributed by atoms with van der Waals surface area (Å²) in [5.74, 6) is -1.09. The number of carbonyl (C=O) groups excluding carboxylic acids is 1. The van der Waals surface area contributed by atoms with Gasteiger partial charge in [0.1, 0.15) is 17.3 Å². The van der Waals surface area contributed by atoms with Gasteiger partial charge in [-0.3, -0.25) is 9.59 Å². The van der Waals surface area contributed by atoms with E-state index in [1.165, 1.54) is 18.2 Å². The van der Waals surface area contributed by atoms with E-state index in [2.05, 4.69) is 24.8 Å². The van der Waals surface area contributed by atoms with Gasteiger partial charge < -0.3 is 19.8 Å². The van der Waals surface area contributed by atoms with E-state index in [1.54, 1.807) is 31.2 Å². The third kappa shape index (κ3) is 6.92. The number of H-pyrrole nitrogens is 1. The molecular formula is C22H17F4N3O4. The van der Waals surface area contributed by atoms with Crippen LogP contribution in [0.4, 0.5) is 23.2 Å². The Labute approximate surface area is 184 Å². The lowest BCUT2D eigenvalue weighted by molar-refractivity contribution is -0.111. The van der Waals surface area contributed by atoms with Crippen molar-refractivity contribution in [1.29, 1.82) is 0 Å². The first kappa shape index (κ1) is 23.5. The summed E-state index contributed by atoms with van der Waals surface area (Å²) in [5, 5.41) is 2.59. The van der Waals surface area contributed by atoms with Crippen molar-refractivity contribution in [2.24, 2.45) is 0 Å². The fourth-order valence-electron chi connectivity index (χ4n) is 2.84. The van der Waals surface area contributed by atoms with E-state index < -0.39 is 24.9 Å². The molecule has 2 N–H and O–H groups in total. The monoisotopic (exact) mass is 463 g/mol. The molecule has 33 heavy (non-hydrogen) atoms. The number of nitrogens with zero attached hydrogens (tertiary/aromatic N) is 1. The molecule has 0 saturated heterocycles. The summed E-state index contributed by atoms with van der Waals surface area (Å²) in [7, 11) is 0. The van der Waals surface area contributed by atoms with Gasteiger partial charge >= 0.3 is 13.2 Å². The van der Waals surface area contributed by atoms with Crippen LogP contribution < -0.4 is 20.3 Å². The summed E-state index contributed by atoms with van der Waals surface area (Å²) in [6.07, 6.45) is 2.24. The fourth-order valence-corrected chi connectivity index (χ4v) is 2.84. The standard InChI is InChI=1S/C22H17F4N3O4/c1-12-9-19(31)29-20(27-12)14-3-2-4-15(10-14)28-18(30)8-6-13-5-7-16(32-21(23)24)11-17(13)33-22(25)26/h2-11,21-22H,1H3,(H,28,30)(H,27,29,31). The summed E-state index contributed by atoms with van der Waals surface area (Å²) < 4.78 is 58.5. The second kappa shape index (κ2) is 10.4. The highest BCUT2D eigenvalue weighted by Gasteiger charge is 2.12. The summed E-state index contributed by atoms with van der Waals surface area (Å²) in [4.78, 5) is 30.8. The first-order valence-electron chi connectivity index (χ1n) is 9.41. The van der Waals surface area contributed by atoms with Crippen molar-refractivity contribution in [3.8, 4) is 22.9 Å². The molecule has 172 valence electrons. The average molecular weight is 463 g/mol. The van der Waals surface area contributed by atoms with Gasteiger partial charge in [0.05, 0.1) is 0 Å². The lowest BCUT2D eigenvalue weighted by Crippen LogP contribution is -2.10. The number of hydrogen-bond acceptors (Lipinski definition) is 5. The quantitative estimate of drug-likeness (QED) is 0.376. The number of aromatic nitrogens is 2. The van der Waals surface area contributed by atoms with Crippen LogP contribution in [0.1, 0.15) is 11.3 Å². The Morgan fingerprint density at radius 1 is 1.06 bits per heavy atom. The van der Waals surface area contributed by atoms with E-state index >= 15 is 0 Å². The Balaban J connectivity index is 1.77. The number of aryl methyl sites for hydroxylation is 1. The number of nitrogens with one attached hydrogen (secondary N) is 2. The van der Waals surface area contributed by atoms with Crippen LogP contribution in [0, 0.1) is 6.92 Å². The van der Waals surface area contributed by atoms with Crippen molar-refractivity contribution in [2.75, 3.05) is 5.32 Å². The number of hydrogen-bond donors (Lipinski definition) is 2. The van der Waals surface area contributed by atoms with E-state index in [9.17, 15) is 27.2 Å². The van der Waals surface area contributed by atoms with E-state index in [4.69, 9.17) is 0 Å². The molecule has 2 aromatic carbocycles. The SMILES string of the molecule is Cc1cc(=O)[nH]c(-c2cccc(NC(=O)C=Cc3ccc(OC(F)F)cc3OC(F)F)c2)n1. The zero-order chi connectivity index (χ0) is 24.0. The van der Waals surface area contributed by atoms with Crippen LogP contribution in [0.5, 0.6) is 11.5 Å². The average Bonchev–Trinajstić information content (AvgIpc) is 2.72. The molecule has 0 atom stereocenters. The number of alkyl halides is 4. The number of halogens is 4. The second-order valence-electron chi connectivity index (χ2n) is 6.60. The molecule has 3 rings (SSSR count). The van der Waals surface area contributed by atoms with Gasteiger partial charge in [0.25, 0.3) is 5.56 Å². The lowest BCUT2D eigenvalue weighted by atomic mass is 10.1. The van der Waals surface area contributed by atoms with Crippen LogP contribution in [-0.4, -0.2) is 29.1 Å². The summed E-state index contributed by atoms with van der Waals surface area (Å²) in [6.45, 7) is -4.68. The maximum absolute atomic E-state index is 12.7. The molecule has 0 aliphatic heterocycles. The van der Waals surface area contributed by atoms with E-state index in [-0.39, 0.29) is 16.9 Å². The van der Waals surface area contributed by atoms with Gasteiger partial charge in [0, 0.05) is 40.7 Å². The molecule has 1 amide bonds. The Bertz CT molecular complexity index is 1230. The van der Waals surface area contributed by atoms with Crippen LogP contribution in [0.15, 0.2) is 59.4 Å². The maximum atomic E-state index is 12.7. The van der Waals surface area contributed by atoms with Crippen molar-refractivity contribution < 1.29 is 31.8 Å². The number of aromatic amines is 1. The molecule has 11 heteroatoms. The summed E-state index contributed by atoms with van der Waals surface area (Å²) in [6, 6.07) is 11.1. The van der Waals surface area contributed by atoms with Crippen molar-refractivity contribution in [3.05, 3.63) is 76.2 Å². The zero-order valence-corrected chi connectivity index (χ0v) is 17.0. The molecule has 0 unspecified atom stereocenters. The Kier molecular flexibility index (Phi) is 7.44. The Morgan fingerprint density at radius 2 is 1.82 bits per heavy atom. The van der Waals surface area contributed by atoms with Crippen molar-refractivity contribution in [2.45, 2.75) is 20.1 Å².